The van der Waals surface area contributed by atoms with E-state index in [4.69, 9.17) is 15.0 Å². The first-order valence-electron chi connectivity index (χ1n) is 11.0. The van der Waals surface area contributed by atoms with Gasteiger partial charge in [0, 0.05) is 28.3 Å². The van der Waals surface area contributed by atoms with Gasteiger partial charge in [0.25, 0.3) is 0 Å². The topological polar surface area (TPSA) is 50.7 Å². The number of hydrogen-bond acceptors (Lipinski definition) is 5. The van der Waals surface area contributed by atoms with Gasteiger partial charge in [-0.05, 0) is 53.2 Å². The first-order chi connectivity index (χ1) is 16.3. The second kappa shape index (κ2) is 9.76. The molecule has 4 nitrogen and oxygen atoms in total. The van der Waals surface area contributed by atoms with Crippen molar-refractivity contribution in [2.45, 2.75) is 12.3 Å². The van der Waals surface area contributed by atoms with Gasteiger partial charge in [-0.2, -0.15) is 0 Å². The minimum atomic E-state index is -0.00354. The van der Waals surface area contributed by atoms with E-state index in [1.165, 1.54) is 10.1 Å². The molecule has 162 valence electrons. The van der Waals surface area contributed by atoms with E-state index in [1.54, 1.807) is 11.3 Å². The molecule has 33 heavy (non-hydrogen) atoms. The smallest absolute Gasteiger partial charge is 0.163 e. The van der Waals surface area contributed by atoms with Crippen molar-refractivity contribution in [2.24, 2.45) is 0 Å². The normalized spacial score (nSPS) is 14.2. The average Bonchev–Trinajstić information content (AvgIpc) is 3.35. The van der Waals surface area contributed by atoms with Gasteiger partial charge in [-0.15, -0.1) is 17.9 Å². The summed E-state index contributed by atoms with van der Waals surface area (Å²) in [6.07, 6.45) is 13.0. The van der Waals surface area contributed by atoms with Crippen LogP contribution in [0, 0.1) is 0 Å². The van der Waals surface area contributed by atoms with Crippen LogP contribution in [0.4, 0.5) is 0 Å². The summed E-state index contributed by atoms with van der Waals surface area (Å²) in [5.74, 6) is 2.12. The lowest BCUT2D eigenvalue weighted by Gasteiger charge is -2.14. The summed E-state index contributed by atoms with van der Waals surface area (Å²) in [6, 6.07) is 18.8. The maximum absolute atomic E-state index is 4.89. The lowest BCUT2D eigenvalue weighted by Crippen LogP contribution is -2.12. The molecular formula is C28H24N4S. The molecule has 1 atom stereocenters. The van der Waals surface area contributed by atoms with Gasteiger partial charge in [0.15, 0.2) is 11.6 Å². The number of nitrogens with one attached hydrogen (secondary N) is 1. The van der Waals surface area contributed by atoms with E-state index in [0.29, 0.717) is 11.6 Å². The van der Waals surface area contributed by atoms with Crippen LogP contribution in [-0.4, -0.2) is 21.5 Å². The quantitative estimate of drug-likeness (QED) is 0.323. The number of nitrogens with zero attached hydrogens (tertiary/aromatic N) is 3. The number of thiophene rings is 1. The van der Waals surface area contributed by atoms with Gasteiger partial charge in [0.2, 0.25) is 0 Å². The Bertz CT molecular complexity index is 1370. The zero-order valence-corrected chi connectivity index (χ0v) is 19.0. The Morgan fingerprint density at radius 2 is 1.91 bits per heavy atom. The van der Waals surface area contributed by atoms with Crippen LogP contribution in [0.25, 0.3) is 33.1 Å². The Morgan fingerprint density at radius 3 is 2.73 bits per heavy atom. The number of hydrogen-bond donors (Lipinski definition) is 1. The highest BCUT2D eigenvalue weighted by Crippen LogP contribution is 2.27. The lowest BCUT2D eigenvalue weighted by molar-refractivity contribution is 0.765. The monoisotopic (exact) mass is 448 g/mol. The summed E-state index contributed by atoms with van der Waals surface area (Å²) < 4.78 is 1.30. The van der Waals surface area contributed by atoms with Crippen LogP contribution in [0.1, 0.15) is 29.6 Å². The molecule has 1 unspecified atom stereocenters. The van der Waals surface area contributed by atoms with Crippen LogP contribution in [-0.2, 0) is 0 Å². The highest BCUT2D eigenvalue weighted by Gasteiger charge is 2.17. The van der Waals surface area contributed by atoms with Crippen LogP contribution < -0.4 is 5.32 Å². The highest BCUT2D eigenvalue weighted by molar-refractivity contribution is 7.17. The fourth-order valence-electron chi connectivity index (χ4n) is 3.79. The summed E-state index contributed by atoms with van der Waals surface area (Å²) >= 11 is 1.76. The van der Waals surface area contributed by atoms with Crippen LogP contribution in [0.5, 0.6) is 0 Å². The molecule has 0 saturated carbocycles. The van der Waals surface area contributed by atoms with Crippen molar-refractivity contribution in [3.8, 4) is 11.4 Å². The summed E-state index contributed by atoms with van der Waals surface area (Å²) in [7, 11) is 0. The van der Waals surface area contributed by atoms with Crippen molar-refractivity contribution >= 4 is 33.1 Å². The molecule has 5 heteroatoms. The third-order valence-corrected chi connectivity index (χ3v) is 6.41. The number of allylic oxidation sites excluding steroid dienone is 4. The van der Waals surface area contributed by atoms with Crippen molar-refractivity contribution in [2.75, 3.05) is 6.54 Å². The van der Waals surface area contributed by atoms with Gasteiger partial charge in [0.1, 0.15) is 5.82 Å². The van der Waals surface area contributed by atoms with Gasteiger partial charge in [-0.1, -0.05) is 60.7 Å². The van der Waals surface area contributed by atoms with Crippen molar-refractivity contribution in [1.29, 1.82) is 0 Å². The first-order valence-corrected chi connectivity index (χ1v) is 11.9. The van der Waals surface area contributed by atoms with Gasteiger partial charge in [0.05, 0.1) is 0 Å². The molecular weight excluding hydrogens is 424 g/mol. The second-order valence-electron chi connectivity index (χ2n) is 7.82. The molecule has 0 amide bonds. The van der Waals surface area contributed by atoms with Gasteiger partial charge < -0.3 is 5.32 Å². The van der Waals surface area contributed by atoms with E-state index in [2.05, 4.69) is 59.8 Å². The predicted octanol–water partition coefficient (Wildman–Crippen LogP) is 6.63. The van der Waals surface area contributed by atoms with E-state index in [9.17, 15) is 0 Å². The third kappa shape index (κ3) is 4.83. The molecule has 0 fully saturated rings. The SMILES string of the molecule is C=CCC(/C=C/c1ccc2sccc2c1)c1nc(C2=CCNC=C2)nc(-c2ccccc2)n1. The third-order valence-electron chi connectivity index (χ3n) is 5.51. The molecule has 0 bridgehead atoms. The fraction of sp³-hybridized carbons (Fsp3) is 0.107. The Labute approximate surface area is 197 Å². The van der Waals surface area contributed by atoms with Crippen LogP contribution >= 0.6 is 11.3 Å². The zero-order valence-electron chi connectivity index (χ0n) is 18.2. The molecule has 1 aliphatic heterocycles. The van der Waals surface area contributed by atoms with Gasteiger partial charge >= 0.3 is 0 Å². The van der Waals surface area contributed by atoms with E-state index < -0.39 is 0 Å². The van der Waals surface area contributed by atoms with Crippen molar-refractivity contribution in [3.05, 3.63) is 114 Å². The van der Waals surface area contributed by atoms with Gasteiger partial charge in [-0.25, -0.2) is 15.0 Å². The van der Waals surface area contributed by atoms with E-state index >= 15 is 0 Å². The number of benzene rings is 2. The van der Waals surface area contributed by atoms with Crippen molar-refractivity contribution in [3.63, 3.8) is 0 Å². The van der Waals surface area contributed by atoms with Crippen molar-refractivity contribution in [1.82, 2.24) is 20.3 Å². The average molecular weight is 449 g/mol. The number of dihydropyridines is 1. The van der Waals surface area contributed by atoms with Crippen LogP contribution in [0.3, 0.4) is 0 Å². The molecule has 2 aromatic carbocycles. The van der Waals surface area contributed by atoms with E-state index in [0.717, 1.165) is 35.5 Å². The first kappa shape index (κ1) is 21.0. The largest absolute Gasteiger partial charge is 0.387 e. The molecule has 1 N–H and O–H groups in total. The molecule has 2 aromatic heterocycles. The summed E-state index contributed by atoms with van der Waals surface area (Å²) in [5.41, 5.74) is 3.14. The molecule has 0 aliphatic carbocycles. The van der Waals surface area contributed by atoms with E-state index in [1.807, 2.05) is 48.7 Å². The minimum absolute atomic E-state index is 0.00354. The predicted molar refractivity (Wildman–Crippen MR) is 139 cm³/mol. The van der Waals surface area contributed by atoms with Crippen molar-refractivity contribution < 1.29 is 0 Å². The van der Waals surface area contributed by atoms with Crippen LogP contribution in [0.15, 0.2) is 97.1 Å². The maximum Gasteiger partial charge on any atom is 0.163 e. The summed E-state index contributed by atoms with van der Waals surface area (Å²) in [5, 5.41) is 6.58. The van der Waals surface area contributed by atoms with Crippen LogP contribution in [0.2, 0.25) is 0 Å². The Hall–Kier alpha value is -3.83. The molecule has 3 heterocycles. The molecule has 0 radical (unpaired) electrons. The Balaban J connectivity index is 1.55. The standard InChI is InChI=1S/C28H24N4S/c1-2-6-21(11-9-20-10-12-25-24(19-20)15-18-33-25)26-30-27(22-7-4-3-5-8-22)32-28(31-26)23-13-16-29-17-14-23/h2-5,7-16,18-19,21,29H,1,6,17H2/b11-9+. The Kier molecular flexibility index (Phi) is 6.22. The minimum Gasteiger partial charge on any atom is -0.387 e. The molecule has 4 aromatic rings. The lowest BCUT2D eigenvalue weighted by atomic mass is 10.0. The highest BCUT2D eigenvalue weighted by atomic mass is 32.1. The number of aromatic nitrogens is 3. The molecule has 5 rings (SSSR count). The van der Waals surface area contributed by atoms with E-state index in [-0.39, 0.29) is 5.92 Å². The summed E-state index contributed by atoms with van der Waals surface area (Å²) in [6.45, 7) is 4.73. The fourth-order valence-corrected chi connectivity index (χ4v) is 4.56. The second-order valence-corrected chi connectivity index (χ2v) is 8.76. The molecule has 0 spiro atoms. The molecule has 1 aliphatic rings. The summed E-state index contributed by atoms with van der Waals surface area (Å²) in [4.78, 5) is 14.6. The maximum atomic E-state index is 4.89. The Morgan fingerprint density at radius 1 is 1.03 bits per heavy atom. The molecule has 0 saturated heterocycles. The number of rotatable bonds is 7. The van der Waals surface area contributed by atoms with Gasteiger partial charge in [-0.3, -0.25) is 0 Å². The number of fused-ring (bicyclic) bond motifs is 1. The zero-order chi connectivity index (χ0) is 22.5.